The van der Waals surface area contributed by atoms with Crippen LogP contribution in [0.4, 0.5) is 5.82 Å². The van der Waals surface area contributed by atoms with Gasteiger partial charge in [0, 0.05) is 36.0 Å². The molecule has 0 amide bonds. The molecule has 2 aromatic heterocycles. The van der Waals surface area contributed by atoms with Crippen molar-refractivity contribution in [2.45, 2.75) is 6.42 Å². The molecule has 0 atom stereocenters. The Morgan fingerprint density at radius 3 is 2.91 bits per heavy atom. The van der Waals surface area contributed by atoms with Crippen molar-refractivity contribution in [1.82, 2.24) is 14.6 Å². The van der Waals surface area contributed by atoms with Crippen LogP contribution in [0.2, 0.25) is 5.02 Å². The molecule has 0 bridgehead atoms. The fourth-order valence-electron chi connectivity index (χ4n) is 2.30. The summed E-state index contributed by atoms with van der Waals surface area (Å²) < 4.78 is 1.77. The van der Waals surface area contributed by atoms with Crippen molar-refractivity contribution in [1.29, 1.82) is 0 Å². The molecule has 0 saturated heterocycles. The molecule has 0 radical (unpaired) electrons. The van der Waals surface area contributed by atoms with Gasteiger partial charge in [0.25, 0.3) is 0 Å². The van der Waals surface area contributed by atoms with E-state index < -0.39 is 0 Å². The molecule has 0 saturated carbocycles. The highest BCUT2D eigenvalue weighted by molar-refractivity contribution is 6.36. The molecule has 5 nitrogen and oxygen atoms in total. The minimum atomic E-state index is 0.150. The molecule has 0 spiro atoms. The quantitative estimate of drug-likeness (QED) is 0.547. The Morgan fingerprint density at radius 2 is 2.14 bits per heavy atom. The molecule has 3 rings (SSSR count). The molecule has 2 heterocycles. The molecule has 0 aliphatic rings. The Morgan fingerprint density at radius 1 is 1.32 bits per heavy atom. The van der Waals surface area contributed by atoms with E-state index in [1.807, 2.05) is 38.2 Å². The number of anilines is 1. The first kappa shape index (κ1) is 14.9. The molecule has 3 aromatic rings. The summed E-state index contributed by atoms with van der Waals surface area (Å²) in [7, 11) is 1.98. The first-order valence-corrected chi connectivity index (χ1v) is 7.53. The van der Waals surface area contributed by atoms with Gasteiger partial charge in [0.1, 0.15) is 13.7 Å². The summed E-state index contributed by atoms with van der Waals surface area (Å²) in [5.41, 5.74) is 3.48. The van der Waals surface area contributed by atoms with Crippen LogP contribution in [0.5, 0.6) is 0 Å². The molecular formula is C15H16BClN4O. The number of nitrogens with zero attached hydrogens (tertiary/aromatic N) is 3. The number of rotatable bonds is 5. The average molecular weight is 315 g/mol. The van der Waals surface area contributed by atoms with Crippen LogP contribution in [0.15, 0.2) is 36.5 Å². The summed E-state index contributed by atoms with van der Waals surface area (Å²) in [6, 6.07) is 9.57. The van der Waals surface area contributed by atoms with E-state index in [2.05, 4.69) is 15.4 Å². The van der Waals surface area contributed by atoms with Crippen LogP contribution in [0.1, 0.15) is 6.42 Å². The Bertz CT molecular complexity index is 805. The van der Waals surface area contributed by atoms with Crippen LogP contribution in [-0.4, -0.2) is 40.7 Å². The van der Waals surface area contributed by atoms with Gasteiger partial charge in [-0.25, -0.2) is 4.98 Å². The Labute approximate surface area is 134 Å². The Balaban J connectivity index is 2.11. The number of hydrogen-bond acceptors (Lipinski definition) is 4. The third-order valence-corrected chi connectivity index (χ3v) is 3.77. The smallest absolute Gasteiger partial charge is 0.151 e. The summed E-state index contributed by atoms with van der Waals surface area (Å²) in [6.45, 7) is 0.813. The van der Waals surface area contributed by atoms with Crippen LogP contribution in [0, 0.1) is 0 Å². The van der Waals surface area contributed by atoms with Crippen molar-refractivity contribution in [2.75, 3.05) is 18.5 Å². The third kappa shape index (κ3) is 2.80. The molecule has 0 unspecified atom stereocenters. The molecule has 1 aromatic carbocycles. The Kier molecular flexibility index (Phi) is 4.31. The second-order valence-electron chi connectivity index (χ2n) is 5.07. The van der Waals surface area contributed by atoms with Gasteiger partial charge in [-0.1, -0.05) is 29.8 Å². The normalized spacial score (nSPS) is 11.0. The zero-order valence-corrected chi connectivity index (χ0v) is 13.0. The van der Waals surface area contributed by atoms with Gasteiger partial charge < -0.3 is 10.4 Å². The highest BCUT2D eigenvalue weighted by Crippen LogP contribution is 2.28. The predicted molar refractivity (Wildman–Crippen MR) is 91.8 cm³/mol. The van der Waals surface area contributed by atoms with Gasteiger partial charge in [0.05, 0.1) is 5.69 Å². The SMILES string of the molecule is Bc1cnn2c(NCCCO)cc(-c3ccccc3Cl)nc12. The predicted octanol–water partition coefficient (Wildman–Crippen LogP) is 1.10. The summed E-state index contributed by atoms with van der Waals surface area (Å²) in [5.74, 6) is 0.835. The van der Waals surface area contributed by atoms with Crippen molar-refractivity contribution in [3.8, 4) is 11.3 Å². The number of benzene rings is 1. The maximum absolute atomic E-state index is 8.94. The van der Waals surface area contributed by atoms with Gasteiger partial charge in [-0.05, 0) is 17.9 Å². The van der Waals surface area contributed by atoms with Gasteiger partial charge in [0.15, 0.2) is 5.65 Å². The summed E-state index contributed by atoms with van der Waals surface area (Å²) in [5, 5.41) is 17.2. The van der Waals surface area contributed by atoms with Crippen LogP contribution < -0.4 is 10.8 Å². The third-order valence-electron chi connectivity index (χ3n) is 3.44. The highest BCUT2D eigenvalue weighted by Gasteiger charge is 2.12. The fourth-order valence-corrected chi connectivity index (χ4v) is 2.53. The minimum absolute atomic E-state index is 0.150. The van der Waals surface area contributed by atoms with E-state index in [4.69, 9.17) is 16.7 Å². The Hall–Kier alpha value is -2.05. The molecule has 22 heavy (non-hydrogen) atoms. The van der Waals surface area contributed by atoms with E-state index in [1.165, 1.54) is 0 Å². The van der Waals surface area contributed by atoms with Crippen molar-refractivity contribution in [2.24, 2.45) is 0 Å². The lowest BCUT2D eigenvalue weighted by molar-refractivity contribution is 0.292. The number of nitrogens with one attached hydrogen (secondary N) is 1. The standard InChI is InChI=1S/C15H16BClN4O/c16-11-9-19-21-14(18-6-3-7-22)8-13(20-15(11)21)10-4-1-2-5-12(10)17/h1-2,4-5,8-9,18,22H,3,6-7,16H2. The zero-order valence-electron chi connectivity index (χ0n) is 12.3. The average Bonchev–Trinajstić information content (AvgIpc) is 2.90. The maximum Gasteiger partial charge on any atom is 0.151 e. The fraction of sp³-hybridized carbons (Fsp3) is 0.200. The number of aliphatic hydroxyl groups excluding tert-OH is 1. The van der Waals surface area contributed by atoms with Crippen LogP contribution >= 0.6 is 11.6 Å². The summed E-state index contributed by atoms with van der Waals surface area (Å²) in [6.07, 6.45) is 2.46. The van der Waals surface area contributed by atoms with E-state index in [0.29, 0.717) is 18.0 Å². The van der Waals surface area contributed by atoms with Gasteiger partial charge in [-0.3, -0.25) is 0 Å². The van der Waals surface area contributed by atoms with Crippen molar-refractivity contribution in [3.05, 3.63) is 41.6 Å². The number of halogens is 1. The number of hydrogen-bond donors (Lipinski definition) is 2. The molecule has 0 aliphatic heterocycles. The minimum Gasteiger partial charge on any atom is -0.396 e. The lowest BCUT2D eigenvalue weighted by Gasteiger charge is -2.11. The van der Waals surface area contributed by atoms with Gasteiger partial charge in [-0.2, -0.15) is 9.61 Å². The number of aromatic nitrogens is 3. The number of aliphatic hydroxyl groups is 1. The number of fused-ring (bicyclic) bond motifs is 1. The largest absolute Gasteiger partial charge is 0.396 e. The maximum atomic E-state index is 8.94. The molecule has 0 aliphatic carbocycles. The van der Waals surface area contributed by atoms with E-state index >= 15 is 0 Å². The highest BCUT2D eigenvalue weighted by atomic mass is 35.5. The van der Waals surface area contributed by atoms with Crippen LogP contribution in [0.3, 0.4) is 0 Å². The summed E-state index contributed by atoms with van der Waals surface area (Å²) >= 11 is 6.29. The van der Waals surface area contributed by atoms with Crippen molar-refractivity contribution in [3.63, 3.8) is 0 Å². The lowest BCUT2D eigenvalue weighted by atomic mass is 10.0. The van der Waals surface area contributed by atoms with E-state index in [0.717, 1.165) is 28.2 Å². The van der Waals surface area contributed by atoms with Gasteiger partial charge in [-0.15, -0.1) is 0 Å². The first-order valence-electron chi connectivity index (χ1n) is 7.15. The van der Waals surface area contributed by atoms with Gasteiger partial charge >= 0.3 is 0 Å². The molecule has 112 valence electrons. The van der Waals surface area contributed by atoms with E-state index in [1.54, 1.807) is 10.7 Å². The zero-order chi connectivity index (χ0) is 15.5. The monoisotopic (exact) mass is 314 g/mol. The van der Waals surface area contributed by atoms with Gasteiger partial charge in [0.2, 0.25) is 0 Å². The lowest BCUT2D eigenvalue weighted by Crippen LogP contribution is -2.11. The van der Waals surface area contributed by atoms with E-state index in [-0.39, 0.29) is 6.61 Å². The second kappa shape index (κ2) is 6.38. The molecule has 7 heteroatoms. The van der Waals surface area contributed by atoms with Crippen molar-refractivity contribution < 1.29 is 5.11 Å². The molecular weight excluding hydrogens is 298 g/mol. The molecule has 2 N–H and O–H groups in total. The van der Waals surface area contributed by atoms with E-state index in [9.17, 15) is 0 Å². The van der Waals surface area contributed by atoms with Crippen LogP contribution in [-0.2, 0) is 0 Å². The summed E-state index contributed by atoms with van der Waals surface area (Å²) in [4.78, 5) is 4.68. The topological polar surface area (TPSA) is 62.5 Å². The van der Waals surface area contributed by atoms with Crippen molar-refractivity contribution >= 4 is 36.4 Å². The van der Waals surface area contributed by atoms with Crippen LogP contribution in [0.25, 0.3) is 16.9 Å². The first-order chi connectivity index (χ1) is 10.7. The second-order valence-corrected chi connectivity index (χ2v) is 5.48. The molecule has 0 fully saturated rings.